The molecule has 0 bridgehead atoms. The standard InChI is InChI=1S/C8H13F3N4OS/c1-15-6(4-12)13-14-7(15)17-3-2-16-5-8(9,10)11/h2-5,12H2,1H3. The van der Waals surface area contributed by atoms with Crippen LogP contribution in [0.3, 0.4) is 0 Å². The first kappa shape index (κ1) is 14.3. The first-order chi connectivity index (χ1) is 7.94. The zero-order valence-corrected chi connectivity index (χ0v) is 10.0. The van der Waals surface area contributed by atoms with Crippen molar-refractivity contribution in [2.45, 2.75) is 17.9 Å². The van der Waals surface area contributed by atoms with Crippen LogP contribution in [-0.2, 0) is 18.3 Å². The van der Waals surface area contributed by atoms with Crippen LogP contribution in [0.1, 0.15) is 5.82 Å². The van der Waals surface area contributed by atoms with Gasteiger partial charge in [0.1, 0.15) is 12.4 Å². The first-order valence-electron chi connectivity index (χ1n) is 4.79. The molecule has 0 aliphatic carbocycles. The molecule has 0 radical (unpaired) electrons. The quantitative estimate of drug-likeness (QED) is 0.615. The Morgan fingerprint density at radius 3 is 2.65 bits per heavy atom. The molecule has 9 heteroatoms. The molecule has 0 aromatic carbocycles. The second-order valence-corrected chi connectivity index (χ2v) is 4.24. The van der Waals surface area contributed by atoms with E-state index in [9.17, 15) is 13.2 Å². The van der Waals surface area contributed by atoms with Crippen LogP contribution in [-0.4, -0.2) is 39.9 Å². The number of halogens is 3. The molecule has 0 saturated heterocycles. The van der Waals surface area contributed by atoms with E-state index in [1.165, 1.54) is 11.8 Å². The van der Waals surface area contributed by atoms with Crippen molar-refractivity contribution < 1.29 is 17.9 Å². The number of nitrogens with two attached hydrogens (primary N) is 1. The van der Waals surface area contributed by atoms with Crippen molar-refractivity contribution in [2.75, 3.05) is 19.0 Å². The molecular weight excluding hydrogens is 257 g/mol. The van der Waals surface area contributed by atoms with Crippen LogP contribution in [0.15, 0.2) is 5.16 Å². The van der Waals surface area contributed by atoms with Crippen molar-refractivity contribution in [1.29, 1.82) is 0 Å². The fraction of sp³-hybridized carbons (Fsp3) is 0.750. The highest BCUT2D eigenvalue weighted by molar-refractivity contribution is 7.99. The largest absolute Gasteiger partial charge is 0.411 e. The Morgan fingerprint density at radius 2 is 2.12 bits per heavy atom. The van der Waals surface area contributed by atoms with E-state index >= 15 is 0 Å². The number of ether oxygens (including phenoxy) is 1. The van der Waals surface area contributed by atoms with Gasteiger partial charge in [0.15, 0.2) is 5.16 Å². The van der Waals surface area contributed by atoms with Crippen LogP contribution in [0.2, 0.25) is 0 Å². The second-order valence-electron chi connectivity index (χ2n) is 3.18. The van der Waals surface area contributed by atoms with Gasteiger partial charge in [0.25, 0.3) is 0 Å². The lowest BCUT2D eigenvalue weighted by Crippen LogP contribution is -2.18. The predicted molar refractivity (Wildman–Crippen MR) is 56.5 cm³/mol. The van der Waals surface area contributed by atoms with Gasteiger partial charge in [-0.3, -0.25) is 0 Å². The normalized spacial score (nSPS) is 12.1. The number of rotatable bonds is 6. The van der Waals surface area contributed by atoms with Crippen molar-refractivity contribution in [3.05, 3.63) is 5.82 Å². The lowest BCUT2D eigenvalue weighted by Gasteiger charge is -2.07. The Morgan fingerprint density at radius 1 is 1.41 bits per heavy atom. The highest BCUT2D eigenvalue weighted by Crippen LogP contribution is 2.17. The molecular formula is C8H13F3N4OS. The molecule has 0 fully saturated rings. The van der Waals surface area contributed by atoms with Crippen LogP contribution < -0.4 is 5.73 Å². The van der Waals surface area contributed by atoms with Gasteiger partial charge < -0.3 is 15.0 Å². The summed E-state index contributed by atoms with van der Waals surface area (Å²) in [6.07, 6.45) is -4.28. The first-order valence-corrected chi connectivity index (χ1v) is 5.78. The number of nitrogens with zero attached hydrogens (tertiary/aromatic N) is 3. The molecule has 0 saturated carbocycles. The van der Waals surface area contributed by atoms with Gasteiger partial charge in [-0.2, -0.15) is 13.2 Å². The molecule has 0 atom stereocenters. The van der Waals surface area contributed by atoms with Gasteiger partial charge in [0, 0.05) is 12.8 Å². The molecule has 0 unspecified atom stereocenters. The summed E-state index contributed by atoms with van der Waals surface area (Å²) < 4.78 is 41.4. The Hall–Kier alpha value is -0.800. The van der Waals surface area contributed by atoms with Crippen molar-refractivity contribution >= 4 is 11.8 Å². The summed E-state index contributed by atoms with van der Waals surface area (Å²) in [5.41, 5.74) is 5.41. The minimum atomic E-state index is -4.28. The SMILES string of the molecule is Cn1c(CN)nnc1SCCOCC(F)(F)F. The summed E-state index contributed by atoms with van der Waals surface area (Å²) in [6, 6.07) is 0. The Kier molecular flexibility index (Phi) is 5.22. The summed E-state index contributed by atoms with van der Waals surface area (Å²) >= 11 is 1.28. The van der Waals surface area contributed by atoms with Gasteiger partial charge in [0.05, 0.1) is 13.2 Å². The van der Waals surface area contributed by atoms with Gasteiger partial charge >= 0.3 is 6.18 Å². The van der Waals surface area contributed by atoms with E-state index in [0.717, 1.165) is 0 Å². The number of thioether (sulfide) groups is 1. The zero-order chi connectivity index (χ0) is 12.9. The van der Waals surface area contributed by atoms with Gasteiger partial charge in [-0.1, -0.05) is 11.8 Å². The third kappa shape index (κ3) is 4.92. The summed E-state index contributed by atoms with van der Waals surface area (Å²) in [5.74, 6) is 1.01. The second kappa shape index (κ2) is 6.22. The Labute approximate surface area is 101 Å². The Bertz CT molecular complexity index is 355. The lowest BCUT2D eigenvalue weighted by molar-refractivity contribution is -0.172. The minimum Gasteiger partial charge on any atom is -0.371 e. The summed E-state index contributed by atoms with van der Waals surface area (Å²) in [4.78, 5) is 0. The highest BCUT2D eigenvalue weighted by atomic mass is 32.2. The van der Waals surface area contributed by atoms with Gasteiger partial charge in [-0.05, 0) is 0 Å². The van der Waals surface area contributed by atoms with Crippen LogP contribution >= 0.6 is 11.8 Å². The summed E-state index contributed by atoms with van der Waals surface area (Å²) in [5, 5.41) is 8.28. The molecule has 0 amide bonds. The van der Waals surface area contributed by atoms with E-state index in [0.29, 0.717) is 16.7 Å². The Balaban J connectivity index is 2.25. The molecule has 1 aromatic heterocycles. The molecule has 1 heterocycles. The smallest absolute Gasteiger partial charge is 0.371 e. The maximum Gasteiger partial charge on any atom is 0.411 e. The molecule has 1 aromatic rings. The fourth-order valence-corrected chi connectivity index (χ4v) is 1.81. The number of hydrogen-bond donors (Lipinski definition) is 1. The van der Waals surface area contributed by atoms with E-state index in [2.05, 4.69) is 14.9 Å². The van der Waals surface area contributed by atoms with Crippen molar-refractivity contribution in [2.24, 2.45) is 12.8 Å². The van der Waals surface area contributed by atoms with Crippen molar-refractivity contribution in [1.82, 2.24) is 14.8 Å². The topological polar surface area (TPSA) is 66.0 Å². The monoisotopic (exact) mass is 270 g/mol. The zero-order valence-electron chi connectivity index (χ0n) is 9.20. The van der Waals surface area contributed by atoms with E-state index in [1.54, 1.807) is 11.6 Å². The van der Waals surface area contributed by atoms with Crippen LogP contribution in [0, 0.1) is 0 Å². The number of aromatic nitrogens is 3. The van der Waals surface area contributed by atoms with Crippen LogP contribution in [0.25, 0.3) is 0 Å². The maximum atomic E-state index is 11.7. The molecule has 0 spiro atoms. The predicted octanol–water partition coefficient (Wildman–Crippen LogP) is 0.945. The molecule has 98 valence electrons. The van der Waals surface area contributed by atoms with Gasteiger partial charge in [0.2, 0.25) is 0 Å². The van der Waals surface area contributed by atoms with Crippen molar-refractivity contribution in [3.8, 4) is 0 Å². The molecule has 0 aliphatic heterocycles. The van der Waals surface area contributed by atoms with Gasteiger partial charge in [-0.25, -0.2) is 0 Å². The number of alkyl halides is 3. The van der Waals surface area contributed by atoms with Gasteiger partial charge in [-0.15, -0.1) is 10.2 Å². The molecule has 1 rings (SSSR count). The molecule has 0 aliphatic rings. The van der Waals surface area contributed by atoms with Crippen molar-refractivity contribution in [3.63, 3.8) is 0 Å². The molecule has 17 heavy (non-hydrogen) atoms. The fourth-order valence-electron chi connectivity index (χ4n) is 1.03. The van der Waals surface area contributed by atoms with Crippen LogP contribution in [0.4, 0.5) is 13.2 Å². The maximum absolute atomic E-state index is 11.7. The summed E-state index contributed by atoms with van der Waals surface area (Å²) in [6.45, 7) is -0.940. The lowest BCUT2D eigenvalue weighted by atomic mass is 10.6. The summed E-state index contributed by atoms with van der Waals surface area (Å²) in [7, 11) is 1.75. The third-order valence-electron chi connectivity index (χ3n) is 1.83. The number of hydrogen-bond acceptors (Lipinski definition) is 5. The molecule has 2 N–H and O–H groups in total. The average molecular weight is 270 g/mol. The minimum absolute atomic E-state index is 0.00892. The average Bonchev–Trinajstić information content (AvgIpc) is 2.58. The highest BCUT2D eigenvalue weighted by Gasteiger charge is 2.27. The van der Waals surface area contributed by atoms with E-state index < -0.39 is 12.8 Å². The van der Waals surface area contributed by atoms with Crippen LogP contribution in [0.5, 0.6) is 0 Å². The van der Waals surface area contributed by atoms with E-state index in [1.807, 2.05) is 0 Å². The van der Waals surface area contributed by atoms with E-state index in [4.69, 9.17) is 5.73 Å². The third-order valence-corrected chi connectivity index (χ3v) is 2.82. The molecule has 5 nitrogen and oxygen atoms in total. The van der Waals surface area contributed by atoms with E-state index in [-0.39, 0.29) is 13.2 Å².